The zero-order valence-corrected chi connectivity index (χ0v) is 16.4. The molecule has 0 unspecified atom stereocenters. The van der Waals surface area contributed by atoms with E-state index < -0.39 is 5.97 Å². The smallest absolute Gasteiger partial charge is 0.342 e. The van der Waals surface area contributed by atoms with Crippen LogP contribution in [0.2, 0.25) is 0 Å². The van der Waals surface area contributed by atoms with Crippen molar-refractivity contribution in [3.63, 3.8) is 0 Å². The zero-order chi connectivity index (χ0) is 20.8. The molecule has 1 aromatic heterocycles. The standard InChI is InChI=1S/C24H20N2O4/c1-17-8-7-9-18(14-17)15-28-21-13-6-5-12-20(21)24(27)29-16-22-25-26-23(30-22)19-10-3-2-4-11-19/h2-14H,15-16H2,1H3. The Morgan fingerprint density at radius 2 is 1.70 bits per heavy atom. The number of para-hydroxylation sites is 1. The number of ether oxygens (including phenoxy) is 2. The van der Waals surface area contributed by atoms with Gasteiger partial charge in [0.1, 0.15) is 17.9 Å². The van der Waals surface area contributed by atoms with E-state index in [2.05, 4.69) is 10.2 Å². The Labute approximate surface area is 174 Å². The fourth-order valence-corrected chi connectivity index (χ4v) is 2.94. The number of carbonyl (C=O) groups is 1. The number of esters is 1. The fraction of sp³-hybridized carbons (Fsp3) is 0.125. The first-order valence-electron chi connectivity index (χ1n) is 9.51. The van der Waals surface area contributed by atoms with E-state index in [9.17, 15) is 4.79 Å². The lowest BCUT2D eigenvalue weighted by atomic mass is 10.1. The van der Waals surface area contributed by atoms with Crippen molar-refractivity contribution < 1.29 is 18.7 Å². The largest absolute Gasteiger partial charge is 0.488 e. The Morgan fingerprint density at radius 3 is 2.53 bits per heavy atom. The Bertz CT molecular complexity index is 1140. The summed E-state index contributed by atoms with van der Waals surface area (Å²) < 4.78 is 16.8. The first-order valence-corrected chi connectivity index (χ1v) is 9.51. The molecule has 0 saturated heterocycles. The number of aryl methyl sites for hydroxylation is 1. The molecular formula is C24H20N2O4. The van der Waals surface area contributed by atoms with Gasteiger partial charge in [0, 0.05) is 5.56 Å². The van der Waals surface area contributed by atoms with E-state index in [-0.39, 0.29) is 12.5 Å². The average Bonchev–Trinajstić information content (AvgIpc) is 3.26. The van der Waals surface area contributed by atoms with Gasteiger partial charge in [0.05, 0.1) is 0 Å². The van der Waals surface area contributed by atoms with Gasteiger partial charge in [0.25, 0.3) is 5.89 Å². The van der Waals surface area contributed by atoms with Crippen molar-refractivity contribution in [2.45, 2.75) is 20.1 Å². The molecule has 0 spiro atoms. The van der Waals surface area contributed by atoms with E-state index in [1.165, 1.54) is 0 Å². The Hall–Kier alpha value is -3.93. The minimum absolute atomic E-state index is 0.120. The molecule has 0 amide bonds. The molecule has 6 nitrogen and oxygen atoms in total. The highest BCUT2D eigenvalue weighted by atomic mass is 16.5. The van der Waals surface area contributed by atoms with Crippen LogP contribution in [0.1, 0.15) is 27.4 Å². The normalized spacial score (nSPS) is 10.6. The minimum atomic E-state index is -0.519. The number of nitrogens with zero attached hydrogens (tertiary/aromatic N) is 2. The molecule has 0 atom stereocenters. The second-order valence-corrected chi connectivity index (χ2v) is 6.72. The predicted octanol–water partition coefficient (Wildman–Crippen LogP) is 4.98. The number of carbonyl (C=O) groups excluding carboxylic acids is 1. The monoisotopic (exact) mass is 400 g/mol. The van der Waals surface area contributed by atoms with Crippen LogP contribution in [-0.2, 0) is 18.0 Å². The van der Waals surface area contributed by atoms with Crippen LogP contribution in [0.3, 0.4) is 0 Å². The zero-order valence-electron chi connectivity index (χ0n) is 16.4. The summed E-state index contributed by atoms with van der Waals surface area (Å²) in [7, 11) is 0. The van der Waals surface area contributed by atoms with E-state index in [1.54, 1.807) is 18.2 Å². The molecule has 1 heterocycles. The molecule has 0 radical (unpaired) electrons. The van der Waals surface area contributed by atoms with Gasteiger partial charge < -0.3 is 13.9 Å². The van der Waals surface area contributed by atoms with Gasteiger partial charge in [-0.3, -0.25) is 0 Å². The van der Waals surface area contributed by atoms with Crippen LogP contribution in [0.15, 0.2) is 83.3 Å². The van der Waals surface area contributed by atoms with Crippen LogP contribution in [0.4, 0.5) is 0 Å². The van der Waals surface area contributed by atoms with Crippen molar-refractivity contribution in [3.8, 4) is 17.2 Å². The number of benzene rings is 3. The van der Waals surface area contributed by atoms with Crippen LogP contribution in [0, 0.1) is 6.92 Å². The van der Waals surface area contributed by atoms with Gasteiger partial charge in [-0.1, -0.05) is 60.2 Å². The van der Waals surface area contributed by atoms with Crippen molar-refractivity contribution in [1.29, 1.82) is 0 Å². The number of hydrogen-bond acceptors (Lipinski definition) is 6. The van der Waals surface area contributed by atoms with Crippen molar-refractivity contribution in [2.24, 2.45) is 0 Å². The first-order chi connectivity index (χ1) is 14.7. The van der Waals surface area contributed by atoms with Crippen molar-refractivity contribution in [3.05, 3.63) is 101 Å². The van der Waals surface area contributed by atoms with Gasteiger partial charge in [-0.2, -0.15) is 0 Å². The molecule has 0 N–H and O–H groups in total. The lowest BCUT2D eigenvalue weighted by Crippen LogP contribution is -2.08. The van der Waals surface area contributed by atoms with Crippen LogP contribution in [-0.4, -0.2) is 16.2 Å². The maximum Gasteiger partial charge on any atom is 0.342 e. The van der Waals surface area contributed by atoms with Crippen LogP contribution >= 0.6 is 0 Å². The quantitative estimate of drug-likeness (QED) is 0.407. The summed E-state index contributed by atoms with van der Waals surface area (Å²) >= 11 is 0. The third-order valence-electron chi connectivity index (χ3n) is 4.40. The highest BCUT2D eigenvalue weighted by Crippen LogP contribution is 2.22. The Morgan fingerprint density at radius 1 is 0.900 bits per heavy atom. The highest BCUT2D eigenvalue weighted by molar-refractivity contribution is 5.92. The Kier molecular flexibility index (Phi) is 5.85. The van der Waals surface area contributed by atoms with Gasteiger partial charge in [0.2, 0.25) is 5.89 Å². The van der Waals surface area contributed by atoms with E-state index in [0.717, 1.165) is 16.7 Å². The number of rotatable bonds is 7. The molecule has 0 aliphatic carbocycles. The molecular weight excluding hydrogens is 380 g/mol. The summed E-state index contributed by atoms with van der Waals surface area (Å²) in [6.45, 7) is 2.26. The van der Waals surface area contributed by atoms with Crippen LogP contribution in [0.5, 0.6) is 5.75 Å². The summed E-state index contributed by atoms with van der Waals surface area (Å²) in [6.07, 6.45) is 0. The molecule has 3 aromatic carbocycles. The summed E-state index contributed by atoms with van der Waals surface area (Å²) in [5.74, 6) is 0.540. The Balaban J connectivity index is 1.40. The van der Waals surface area contributed by atoms with Crippen molar-refractivity contribution in [2.75, 3.05) is 0 Å². The third kappa shape index (κ3) is 4.72. The molecule has 0 bridgehead atoms. The molecule has 0 saturated carbocycles. The lowest BCUT2D eigenvalue weighted by Gasteiger charge is -2.11. The summed E-state index contributed by atoms with van der Waals surface area (Å²) in [4.78, 5) is 12.6. The molecule has 150 valence electrons. The van der Waals surface area contributed by atoms with Crippen LogP contribution in [0.25, 0.3) is 11.5 Å². The fourth-order valence-electron chi connectivity index (χ4n) is 2.94. The molecule has 6 heteroatoms. The second kappa shape index (κ2) is 9.05. The summed E-state index contributed by atoms with van der Waals surface area (Å²) in [6, 6.07) is 24.4. The topological polar surface area (TPSA) is 74.5 Å². The SMILES string of the molecule is Cc1cccc(COc2ccccc2C(=O)OCc2nnc(-c3ccccc3)o2)c1. The first kappa shape index (κ1) is 19.4. The number of aromatic nitrogens is 2. The lowest BCUT2D eigenvalue weighted by molar-refractivity contribution is 0.0433. The van der Waals surface area contributed by atoms with Gasteiger partial charge in [-0.05, 0) is 36.8 Å². The summed E-state index contributed by atoms with van der Waals surface area (Å²) in [5, 5.41) is 7.93. The van der Waals surface area contributed by atoms with Crippen molar-refractivity contribution >= 4 is 5.97 Å². The van der Waals surface area contributed by atoms with Gasteiger partial charge >= 0.3 is 5.97 Å². The van der Waals surface area contributed by atoms with Gasteiger partial charge in [-0.15, -0.1) is 10.2 Å². The van der Waals surface area contributed by atoms with Gasteiger partial charge in [-0.25, -0.2) is 4.79 Å². The number of hydrogen-bond donors (Lipinski definition) is 0. The third-order valence-corrected chi connectivity index (χ3v) is 4.40. The molecule has 0 aliphatic heterocycles. The predicted molar refractivity (Wildman–Crippen MR) is 111 cm³/mol. The van der Waals surface area contributed by atoms with Gasteiger partial charge in [0.15, 0.2) is 6.61 Å². The second-order valence-electron chi connectivity index (χ2n) is 6.72. The molecule has 0 aliphatic rings. The van der Waals surface area contributed by atoms with E-state index in [1.807, 2.05) is 67.6 Å². The van der Waals surface area contributed by atoms with E-state index in [0.29, 0.717) is 23.8 Å². The molecule has 4 aromatic rings. The molecule has 30 heavy (non-hydrogen) atoms. The highest BCUT2D eigenvalue weighted by Gasteiger charge is 2.16. The molecule has 4 rings (SSSR count). The summed E-state index contributed by atoms with van der Waals surface area (Å²) in [5.41, 5.74) is 3.32. The van der Waals surface area contributed by atoms with E-state index in [4.69, 9.17) is 13.9 Å². The van der Waals surface area contributed by atoms with Crippen LogP contribution < -0.4 is 4.74 Å². The minimum Gasteiger partial charge on any atom is -0.488 e. The van der Waals surface area contributed by atoms with Crippen molar-refractivity contribution in [1.82, 2.24) is 10.2 Å². The van der Waals surface area contributed by atoms with E-state index >= 15 is 0 Å². The maximum absolute atomic E-state index is 12.6. The average molecular weight is 400 g/mol. The maximum atomic E-state index is 12.6. The molecule has 0 fully saturated rings.